The Morgan fingerprint density at radius 1 is 1.12 bits per heavy atom. The second kappa shape index (κ2) is 7.74. The maximum absolute atomic E-state index is 13.4. The van der Waals surface area contributed by atoms with Crippen molar-refractivity contribution < 1.29 is 23.1 Å². The van der Waals surface area contributed by atoms with Crippen LogP contribution in [-0.2, 0) is 9.53 Å². The maximum Gasteiger partial charge on any atom is 0.359 e. The van der Waals surface area contributed by atoms with Gasteiger partial charge in [0, 0.05) is 6.20 Å². The lowest BCUT2D eigenvalue weighted by atomic mass is 10.3. The van der Waals surface area contributed by atoms with E-state index >= 15 is 0 Å². The molecule has 5 nitrogen and oxygen atoms in total. The Morgan fingerprint density at radius 2 is 1.75 bits per heavy atom. The first-order valence-electron chi connectivity index (χ1n) is 6.21. The summed E-state index contributed by atoms with van der Waals surface area (Å²) < 4.78 is 31.5. The molecule has 0 radical (unpaired) electrons. The van der Waals surface area contributed by atoms with Crippen molar-refractivity contribution in [1.82, 2.24) is 4.98 Å². The highest BCUT2D eigenvalue weighted by Gasteiger charge is 2.20. The van der Waals surface area contributed by atoms with Crippen molar-refractivity contribution in [2.75, 3.05) is 11.9 Å². The minimum Gasteiger partial charge on any atom is -0.451 e. The first-order valence-corrected chi connectivity index (χ1v) is 7.35. The summed E-state index contributed by atoms with van der Waals surface area (Å²) in [6.45, 7) is -0.815. The van der Waals surface area contributed by atoms with Gasteiger partial charge in [-0.15, -0.1) is 0 Å². The van der Waals surface area contributed by atoms with Gasteiger partial charge in [0.1, 0.15) is 17.3 Å². The number of nitrogens with zero attached hydrogens (tertiary/aromatic N) is 1. The minimum atomic E-state index is -1.05. The molecule has 2 rings (SSSR count). The fourth-order valence-corrected chi connectivity index (χ4v) is 2.14. The van der Waals surface area contributed by atoms with Gasteiger partial charge < -0.3 is 10.1 Å². The third kappa shape index (κ3) is 4.11. The van der Waals surface area contributed by atoms with Crippen molar-refractivity contribution in [2.45, 2.75) is 0 Å². The second-order valence-corrected chi connectivity index (χ2v) is 5.47. The van der Waals surface area contributed by atoms with Gasteiger partial charge in [0.25, 0.3) is 5.91 Å². The molecule has 1 N–H and O–H groups in total. The van der Waals surface area contributed by atoms with E-state index in [2.05, 4.69) is 9.72 Å². The number of benzene rings is 1. The van der Waals surface area contributed by atoms with Gasteiger partial charge in [-0.2, -0.15) is 0 Å². The topological polar surface area (TPSA) is 68.3 Å². The number of anilines is 1. The zero-order valence-corrected chi connectivity index (χ0v) is 13.8. The molecule has 0 saturated carbocycles. The van der Waals surface area contributed by atoms with Crippen molar-refractivity contribution in [3.63, 3.8) is 0 Å². The predicted octanol–water partition coefficient (Wildman–Crippen LogP) is 4.12. The average molecular weight is 396 g/mol. The number of hydrogen-bond acceptors (Lipinski definition) is 4. The quantitative estimate of drug-likeness (QED) is 0.791. The molecule has 1 aromatic heterocycles. The summed E-state index contributed by atoms with van der Waals surface area (Å²) in [5, 5.41) is 1.65. The Labute approximate surface area is 149 Å². The van der Waals surface area contributed by atoms with Crippen molar-refractivity contribution in [2.24, 2.45) is 0 Å². The minimum absolute atomic E-state index is 0.0333. The molecule has 24 heavy (non-hydrogen) atoms. The number of halogens is 5. The number of carbonyl (C=O) groups excluding carboxylic acids is 2. The van der Waals surface area contributed by atoms with Gasteiger partial charge >= 0.3 is 5.97 Å². The van der Waals surface area contributed by atoms with Gasteiger partial charge in [-0.05, 0) is 12.1 Å². The van der Waals surface area contributed by atoms with Crippen molar-refractivity contribution >= 4 is 52.4 Å². The van der Waals surface area contributed by atoms with Crippen LogP contribution in [0, 0.1) is 11.6 Å². The fourth-order valence-electron chi connectivity index (χ4n) is 1.58. The van der Waals surface area contributed by atoms with E-state index in [1.165, 1.54) is 0 Å². The summed E-state index contributed by atoms with van der Waals surface area (Å²) in [6.07, 6.45) is 1.08. The number of hydrogen-bond donors (Lipinski definition) is 1. The fraction of sp³-hybridized carbons (Fsp3) is 0.0714. The number of carbonyl (C=O) groups is 2. The molecule has 0 saturated heterocycles. The molecule has 0 unspecified atom stereocenters. The Morgan fingerprint density at radius 3 is 2.38 bits per heavy atom. The number of para-hydroxylation sites is 1. The molecule has 0 aliphatic heterocycles. The molecule has 126 valence electrons. The van der Waals surface area contributed by atoms with Crippen LogP contribution in [0.3, 0.4) is 0 Å². The maximum atomic E-state index is 13.4. The third-order valence-electron chi connectivity index (χ3n) is 2.67. The lowest BCUT2D eigenvalue weighted by Gasteiger charge is -2.09. The summed E-state index contributed by atoms with van der Waals surface area (Å²) in [7, 11) is 0. The molecule has 0 atom stereocenters. The first-order chi connectivity index (χ1) is 11.3. The standard InChI is InChI=1S/C14H7Cl3F2N2O3/c15-6-4-20-13(11(17)10(6)16)14(23)24-5-9(22)21-12-7(18)2-1-3-8(12)19/h1-4H,5H2,(H,21,22). The van der Waals surface area contributed by atoms with Crippen LogP contribution >= 0.6 is 34.8 Å². The molecule has 0 aliphatic carbocycles. The van der Waals surface area contributed by atoms with Gasteiger partial charge in [0.15, 0.2) is 12.3 Å². The van der Waals surface area contributed by atoms with Crippen LogP contribution in [-0.4, -0.2) is 23.5 Å². The number of esters is 1. The smallest absolute Gasteiger partial charge is 0.359 e. The van der Waals surface area contributed by atoms with Gasteiger partial charge in [-0.25, -0.2) is 18.6 Å². The summed E-state index contributed by atoms with van der Waals surface area (Å²) in [5.41, 5.74) is -1.000. The molecule has 2 aromatic rings. The molecule has 0 aliphatic rings. The number of nitrogens with one attached hydrogen (secondary N) is 1. The monoisotopic (exact) mass is 394 g/mol. The summed E-state index contributed by atoms with van der Waals surface area (Å²) in [4.78, 5) is 27.1. The van der Waals surface area contributed by atoms with Gasteiger partial charge in [-0.3, -0.25) is 4.79 Å². The van der Waals surface area contributed by atoms with E-state index in [-0.39, 0.29) is 20.8 Å². The van der Waals surface area contributed by atoms with Gasteiger partial charge in [0.2, 0.25) is 0 Å². The van der Waals surface area contributed by atoms with E-state index in [9.17, 15) is 18.4 Å². The molecule has 1 aromatic carbocycles. The van der Waals surface area contributed by atoms with E-state index < -0.39 is 35.8 Å². The Balaban J connectivity index is 2.02. The Kier molecular flexibility index (Phi) is 5.93. The molecule has 0 fully saturated rings. The second-order valence-electron chi connectivity index (χ2n) is 4.30. The van der Waals surface area contributed by atoms with E-state index in [4.69, 9.17) is 34.8 Å². The van der Waals surface area contributed by atoms with E-state index in [1.807, 2.05) is 5.32 Å². The van der Waals surface area contributed by atoms with E-state index in [1.54, 1.807) is 0 Å². The molecule has 1 heterocycles. The molecular formula is C14H7Cl3F2N2O3. The van der Waals surface area contributed by atoms with Crippen LogP contribution in [0.15, 0.2) is 24.4 Å². The van der Waals surface area contributed by atoms with Crippen LogP contribution in [0.1, 0.15) is 10.5 Å². The molecule has 0 spiro atoms. The largest absolute Gasteiger partial charge is 0.451 e. The molecule has 1 amide bonds. The zero-order valence-electron chi connectivity index (χ0n) is 11.6. The zero-order chi connectivity index (χ0) is 17.9. The van der Waals surface area contributed by atoms with Crippen LogP contribution in [0.5, 0.6) is 0 Å². The highest BCUT2D eigenvalue weighted by Crippen LogP contribution is 2.31. The average Bonchev–Trinajstić information content (AvgIpc) is 2.54. The lowest BCUT2D eigenvalue weighted by molar-refractivity contribution is -0.119. The highest BCUT2D eigenvalue weighted by atomic mass is 35.5. The van der Waals surface area contributed by atoms with Crippen molar-refractivity contribution in [3.05, 3.63) is 56.8 Å². The number of amides is 1. The SMILES string of the molecule is O=C(COC(=O)c1ncc(Cl)c(Cl)c1Cl)Nc1c(F)cccc1F. The normalized spacial score (nSPS) is 10.4. The van der Waals surface area contributed by atoms with Crippen LogP contribution in [0.25, 0.3) is 0 Å². The number of aromatic nitrogens is 1. The van der Waals surface area contributed by atoms with Crippen molar-refractivity contribution in [3.8, 4) is 0 Å². The van der Waals surface area contributed by atoms with Crippen molar-refractivity contribution in [1.29, 1.82) is 0 Å². The summed E-state index contributed by atoms with van der Waals surface area (Å²) >= 11 is 17.2. The number of pyridine rings is 1. The Hall–Kier alpha value is -1.96. The van der Waals surface area contributed by atoms with Crippen LogP contribution in [0.2, 0.25) is 15.1 Å². The molecule has 10 heteroatoms. The van der Waals surface area contributed by atoms with E-state index in [0.29, 0.717) is 0 Å². The Bertz CT molecular complexity index is 798. The number of rotatable bonds is 4. The summed E-state index contributed by atoms with van der Waals surface area (Å²) in [6, 6.07) is 3.06. The highest BCUT2D eigenvalue weighted by molar-refractivity contribution is 6.48. The van der Waals surface area contributed by atoms with E-state index in [0.717, 1.165) is 24.4 Å². The van der Waals surface area contributed by atoms with Gasteiger partial charge in [-0.1, -0.05) is 40.9 Å². The number of ether oxygens (including phenoxy) is 1. The van der Waals surface area contributed by atoms with Crippen LogP contribution in [0.4, 0.5) is 14.5 Å². The van der Waals surface area contributed by atoms with Gasteiger partial charge in [0.05, 0.1) is 15.1 Å². The molecule has 0 bridgehead atoms. The third-order valence-corrected chi connectivity index (χ3v) is 3.91. The predicted molar refractivity (Wildman–Crippen MR) is 84.5 cm³/mol. The van der Waals surface area contributed by atoms with Crippen LogP contribution < -0.4 is 5.32 Å². The lowest BCUT2D eigenvalue weighted by Crippen LogP contribution is -2.22. The molecular weight excluding hydrogens is 389 g/mol. The summed E-state index contributed by atoms with van der Waals surface area (Å²) in [5.74, 6) is -3.95. The first kappa shape index (κ1) is 18.4.